The van der Waals surface area contributed by atoms with Gasteiger partial charge in [0, 0.05) is 17.5 Å². The number of rotatable bonds is 5. The van der Waals surface area contributed by atoms with Crippen molar-refractivity contribution in [2.45, 2.75) is 32.9 Å². The van der Waals surface area contributed by atoms with Crippen LogP contribution in [0.1, 0.15) is 32.3 Å². The van der Waals surface area contributed by atoms with Crippen LogP contribution in [-0.4, -0.2) is 23.0 Å². The van der Waals surface area contributed by atoms with Crippen molar-refractivity contribution in [2.24, 2.45) is 5.41 Å². The van der Waals surface area contributed by atoms with Crippen LogP contribution in [0.2, 0.25) is 0 Å². The molecule has 6 nitrogen and oxygen atoms in total. The van der Waals surface area contributed by atoms with Gasteiger partial charge in [-0.05, 0) is 18.4 Å². The van der Waals surface area contributed by atoms with E-state index in [4.69, 9.17) is 9.05 Å². The molecule has 0 bridgehead atoms. The molecule has 1 fully saturated rings. The Morgan fingerprint density at radius 1 is 1.24 bits per heavy atom. The summed E-state index contributed by atoms with van der Waals surface area (Å²) in [6.45, 7) is 5.18. The van der Waals surface area contributed by atoms with Gasteiger partial charge in [-0.1, -0.05) is 26.0 Å². The molecule has 1 aromatic rings. The number of nitro benzene ring substituents is 1. The van der Waals surface area contributed by atoms with Crippen molar-refractivity contribution in [3.63, 3.8) is 0 Å². The molecule has 1 aromatic carbocycles. The standard InChI is InChI=1S/C14H21NO5P/c1-3-14(4-2)10-19-21(18,20-11-14)9-12-5-7-13(8-6-12)15(16)17/h5-8,18H,3-4,9-11H2,1-2H3. The van der Waals surface area contributed by atoms with E-state index in [1.54, 1.807) is 12.1 Å². The van der Waals surface area contributed by atoms with Crippen molar-refractivity contribution < 1.29 is 18.9 Å². The van der Waals surface area contributed by atoms with Crippen LogP contribution in [0, 0.1) is 15.5 Å². The van der Waals surface area contributed by atoms with Crippen LogP contribution in [0.4, 0.5) is 5.69 Å². The maximum absolute atomic E-state index is 10.6. The first-order valence-corrected chi connectivity index (χ1v) is 8.81. The molecule has 117 valence electrons. The van der Waals surface area contributed by atoms with E-state index in [1.165, 1.54) is 12.1 Å². The highest BCUT2D eigenvalue weighted by Crippen LogP contribution is 2.64. The number of non-ortho nitro benzene ring substituents is 1. The lowest BCUT2D eigenvalue weighted by molar-refractivity contribution is -0.384. The number of hydrogen-bond donors (Lipinski definition) is 1. The summed E-state index contributed by atoms with van der Waals surface area (Å²) in [5.41, 5.74) is 0.796. The van der Waals surface area contributed by atoms with Gasteiger partial charge in [-0.3, -0.25) is 10.1 Å². The molecule has 1 N–H and O–H groups in total. The molecular weight excluding hydrogens is 293 g/mol. The molecule has 0 amide bonds. The summed E-state index contributed by atoms with van der Waals surface area (Å²) in [5.74, 6) is 0. The lowest BCUT2D eigenvalue weighted by atomic mass is 9.84. The topological polar surface area (TPSA) is 81.8 Å². The van der Waals surface area contributed by atoms with Crippen molar-refractivity contribution in [1.29, 1.82) is 0 Å². The Kier molecular flexibility index (Phi) is 4.94. The second-order valence-electron chi connectivity index (χ2n) is 5.47. The third-order valence-corrected chi connectivity index (χ3v) is 6.00. The van der Waals surface area contributed by atoms with Gasteiger partial charge in [-0.15, -0.1) is 0 Å². The Morgan fingerprint density at radius 2 is 1.76 bits per heavy atom. The van der Waals surface area contributed by atoms with Crippen molar-refractivity contribution in [1.82, 2.24) is 0 Å². The second-order valence-corrected chi connectivity index (χ2v) is 7.58. The number of benzene rings is 1. The van der Waals surface area contributed by atoms with Crippen molar-refractivity contribution in [2.75, 3.05) is 13.2 Å². The van der Waals surface area contributed by atoms with Crippen LogP contribution < -0.4 is 0 Å². The van der Waals surface area contributed by atoms with Gasteiger partial charge >= 0.3 is 0 Å². The van der Waals surface area contributed by atoms with Crippen molar-refractivity contribution >= 4 is 13.6 Å². The molecule has 2 rings (SSSR count). The summed E-state index contributed by atoms with van der Waals surface area (Å²) in [5, 5.41) is 10.6. The normalized spacial score (nSPS) is 20.1. The molecular formula is C14H21NO5P. The van der Waals surface area contributed by atoms with Crippen LogP contribution in [0.5, 0.6) is 0 Å². The maximum Gasteiger partial charge on any atom is 0.269 e. The third-order valence-electron chi connectivity index (χ3n) is 4.17. The van der Waals surface area contributed by atoms with E-state index < -0.39 is 12.9 Å². The molecule has 0 atom stereocenters. The predicted octanol–water partition coefficient (Wildman–Crippen LogP) is 3.70. The van der Waals surface area contributed by atoms with Gasteiger partial charge in [0.05, 0.1) is 24.3 Å². The molecule has 21 heavy (non-hydrogen) atoms. The summed E-state index contributed by atoms with van der Waals surface area (Å²) in [6, 6.07) is 6.11. The zero-order chi connectivity index (χ0) is 15.5. The lowest BCUT2D eigenvalue weighted by Gasteiger charge is -2.43. The van der Waals surface area contributed by atoms with Crippen LogP contribution in [0.15, 0.2) is 24.3 Å². The number of nitrogens with zero attached hydrogens (tertiary/aromatic N) is 1. The fourth-order valence-electron chi connectivity index (χ4n) is 2.26. The van der Waals surface area contributed by atoms with Crippen molar-refractivity contribution in [3.8, 4) is 0 Å². The molecule has 0 saturated carbocycles. The Morgan fingerprint density at radius 3 is 2.19 bits per heavy atom. The molecule has 1 aliphatic rings. The first-order chi connectivity index (χ1) is 9.92. The highest BCUT2D eigenvalue weighted by Gasteiger charge is 2.41. The van der Waals surface area contributed by atoms with Gasteiger partial charge in [0.2, 0.25) is 7.94 Å². The molecule has 1 radical (unpaired) electrons. The first kappa shape index (κ1) is 16.3. The minimum atomic E-state index is -2.90. The van der Waals surface area contributed by atoms with Gasteiger partial charge in [-0.2, -0.15) is 0 Å². The molecule has 1 heterocycles. The smallest absolute Gasteiger partial charge is 0.269 e. The minimum Gasteiger partial charge on any atom is -0.335 e. The maximum atomic E-state index is 10.6. The number of hydrogen-bond acceptors (Lipinski definition) is 5. The van der Waals surface area contributed by atoms with E-state index in [0.29, 0.717) is 13.2 Å². The van der Waals surface area contributed by atoms with Crippen molar-refractivity contribution in [3.05, 3.63) is 39.9 Å². The highest BCUT2D eigenvalue weighted by atomic mass is 31.2. The lowest BCUT2D eigenvalue weighted by Crippen LogP contribution is -2.36. The average Bonchev–Trinajstić information content (AvgIpc) is 2.49. The minimum absolute atomic E-state index is 0.0122. The monoisotopic (exact) mass is 314 g/mol. The summed E-state index contributed by atoms with van der Waals surface area (Å²) in [7, 11) is -2.90. The Hall–Kier alpha value is -1.07. The zero-order valence-corrected chi connectivity index (χ0v) is 13.2. The molecule has 1 aliphatic heterocycles. The summed E-state index contributed by atoms with van der Waals surface area (Å²) in [4.78, 5) is 20.6. The van der Waals surface area contributed by atoms with E-state index in [2.05, 4.69) is 13.8 Å². The average molecular weight is 314 g/mol. The number of nitro groups is 1. The fraction of sp³-hybridized carbons (Fsp3) is 0.571. The van der Waals surface area contributed by atoms with Crippen LogP contribution >= 0.6 is 7.94 Å². The molecule has 0 aromatic heterocycles. The van der Waals surface area contributed by atoms with Gasteiger partial charge < -0.3 is 13.9 Å². The fourth-order valence-corrected chi connectivity index (χ4v) is 4.14. The van der Waals surface area contributed by atoms with E-state index in [1.807, 2.05) is 0 Å². The summed E-state index contributed by atoms with van der Waals surface area (Å²) in [6.07, 6.45) is 2.15. The van der Waals surface area contributed by atoms with Crippen LogP contribution in [0.25, 0.3) is 0 Å². The summed E-state index contributed by atoms with van der Waals surface area (Å²) < 4.78 is 11.3. The Balaban J connectivity index is 2.01. The Bertz CT molecular complexity index is 491. The van der Waals surface area contributed by atoms with Gasteiger partial charge in [-0.25, -0.2) is 0 Å². The SMILES string of the molecule is CCC1(CC)CO[P](O)(Cc2ccc([N+](=O)[O-])cc2)OC1. The predicted molar refractivity (Wildman–Crippen MR) is 80.9 cm³/mol. The zero-order valence-electron chi connectivity index (χ0n) is 12.3. The molecule has 0 aliphatic carbocycles. The molecule has 0 spiro atoms. The first-order valence-electron chi connectivity index (χ1n) is 7.05. The van der Waals surface area contributed by atoms with E-state index in [0.717, 1.165) is 18.4 Å². The van der Waals surface area contributed by atoms with Gasteiger partial charge in [0.25, 0.3) is 5.69 Å². The summed E-state index contributed by atoms with van der Waals surface area (Å²) >= 11 is 0. The van der Waals surface area contributed by atoms with Crippen LogP contribution in [0.3, 0.4) is 0 Å². The Labute approximate surface area is 124 Å². The quantitative estimate of drug-likeness (QED) is 0.509. The highest BCUT2D eigenvalue weighted by molar-refractivity contribution is 7.59. The van der Waals surface area contributed by atoms with Gasteiger partial charge in [0.15, 0.2) is 0 Å². The van der Waals surface area contributed by atoms with Crippen LogP contribution in [-0.2, 0) is 15.2 Å². The van der Waals surface area contributed by atoms with E-state index >= 15 is 0 Å². The second kappa shape index (κ2) is 6.36. The molecule has 7 heteroatoms. The van der Waals surface area contributed by atoms with E-state index in [9.17, 15) is 15.0 Å². The molecule has 1 saturated heterocycles. The molecule has 0 unspecified atom stereocenters. The van der Waals surface area contributed by atoms with E-state index in [-0.39, 0.29) is 17.3 Å². The van der Waals surface area contributed by atoms with Gasteiger partial charge in [0.1, 0.15) is 0 Å². The third kappa shape index (κ3) is 3.77. The largest absolute Gasteiger partial charge is 0.335 e.